The molecule has 2 N–H and O–H groups in total. The molecular formula is C13H16N4. The van der Waals surface area contributed by atoms with Crippen LogP contribution in [-0.2, 0) is 0 Å². The standard InChI is InChI=1S/C13H16N4/c1-9(7-14)13-16-10(2)6-12(17-13)11-4-3-5-15-8-11/h3-6,8-9H,7,14H2,1-2H3. The third-order valence-electron chi connectivity index (χ3n) is 2.62. The molecule has 2 aromatic rings. The van der Waals surface area contributed by atoms with Gasteiger partial charge in [0.15, 0.2) is 0 Å². The minimum atomic E-state index is 0.172. The summed E-state index contributed by atoms with van der Waals surface area (Å²) >= 11 is 0. The zero-order chi connectivity index (χ0) is 12.3. The fourth-order valence-electron chi connectivity index (χ4n) is 1.58. The number of pyridine rings is 1. The molecule has 2 heterocycles. The Morgan fingerprint density at radius 3 is 2.82 bits per heavy atom. The van der Waals surface area contributed by atoms with E-state index in [1.807, 2.05) is 32.0 Å². The van der Waals surface area contributed by atoms with E-state index in [0.29, 0.717) is 6.54 Å². The third-order valence-corrected chi connectivity index (χ3v) is 2.62. The Balaban J connectivity index is 2.45. The summed E-state index contributed by atoms with van der Waals surface area (Å²) in [6, 6.07) is 5.86. The smallest absolute Gasteiger partial charge is 0.133 e. The Kier molecular flexibility index (Phi) is 3.44. The van der Waals surface area contributed by atoms with Crippen LogP contribution in [0.4, 0.5) is 0 Å². The van der Waals surface area contributed by atoms with Crippen molar-refractivity contribution in [1.82, 2.24) is 15.0 Å². The van der Waals surface area contributed by atoms with E-state index < -0.39 is 0 Å². The molecule has 0 aliphatic rings. The van der Waals surface area contributed by atoms with Crippen LogP contribution in [0.3, 0.4) is 0 Å². The van der Waals surface area contributed by atoms with Gasteiger partial charge in [0.25, 0.3) is 0 Å². The van der Waals surface area contributed by atoms with Crippen LogP contribution >= 0.6 is 0 Å². The second kappa shape index (κ2) is 5.01. The second-order valence-corrected chi connectivity index (χ2v) is 4.13. The minimum absolute atomic E-state index is 0.172. The summed E-state index contributed by atoms with van der Waals surface area (Å²) in [5.41, 5.74) is 8.51. The lowest BCUT2D eigenvalue weighted by atomic mass is 10.1. The average molecular weight is 228 g/mol. The maximum absolute atomic E-state index is 5.65. The number of aryl methyl sites for hydroxylation is 1. The van der Waals surface area contributed by atoms with Crippen LogP contribution in [0.1, 0.15) is 24.4 Å². The molecule has 0 spiro atoms. The van der Waals surface area contributed by atoms with E-state index in [-0.39, 0.29) is 5.92 Å². The van der Waals surface area contributed by atoms with Gasteiger partial charge in [-0.3, -0.25) is 4.98 Å². The third kappa shape index (κ3) is 2.65. The van der Waals surface area contributed by atoms with Gasteiger partial charge >= 0.3 is 0 Å². The lowest BCUT2D eigenvalue weighted by Gasteiger charge is -2.10. The highest BCUT2D eigenvalue weighted by atomic mass is 14.9. The fourth-order valence-corrected chi connectivity index (χ4v) is 1.58. The van der Waals surface area contributed by atoms with Crippen molar-refractivity contribution in [2.45, 2.75) is 19.8 Å². The number of nitrogens with zero attached hydrogens (tertiary/aromatic N) is 3. The van der Waals surface area contributed by atoms with Gasteiger partial charge in [-0.15, -0.1) is 0 Å². The van der Waals surface area contributed by atoms with Gasteiger partial charge in [-0.25, -0.2) is 9.97 Å². The molecule has 17 heavy (non-hydrogen) atoms. The number of hydrogen-bond donors (Lipinski definition) is 1. The average Bonchev–Trinajstić information content (AvgIpc) is 2.38. The molecule has 88 valence electrons. The van der Waals surface area contributed by atoms with E-state index in [2.05, 4.69) is 15.0 Å². The van der Waals surface area contributed by atoms with Crippen LogP contribution in [0.2, 0.25) is 0 Å². The Bertz CT molecular complexity index is 496. The first kappa shape index (κ1) is 11.7. The molecule has 2 rings (SSSR count). The number of nitrogens with two attached hydrogens (primary N) is 1. The highest BCUT2D eigenvalue weighted by Crippen LogP contribution is 2.19. The normalized spacial score (nSPS) is 12.4. The summed E-state index contributed by atoms with van der Waals surface area (Å²) in [6.45, 7) is 4.55. The zero-order valence-electron chi connectivity index (χ0n) is 10.1. The molecular weight excluding hydrogens is 212 g/mol. The SMILES string of the molecule is Cc1cc(-c2cccnc2)nc(C(C)CN)n1. The molecule has 2 aromatic heterocycles. The Morgan fingerprint density at radius 2 is 2.18 bits per heavy atom. The van der Waals surface area contributed by atoms with E-state index >= 15 is 0 Å². The maximum atomic E-state index is 5.65. The summed E-state index contributed by atoms with van der Waals surface area (Å²) in [7, 11) is 0. The van der Waals surface area contributed by atoms with Gasteiger partial charge in [0, 0.05) is 36.1 Å². The molecule has 0 amide bonds. The lowest BCUT2D eigenvalue weighted by molar-refractivity contribution is 0.708. The largest absolute Gasteiger partial charge is 0.330 e. The first-order chi connectivity index (χ1) is 8.20. The number of rotatable bonds is 3. The first-order valence-electron chi connectivity index (χ1n) is 5.66. The summed E-state index contributed by atoms with van der Waals surface area (Å²) in [5, 5.41) is 0. The molecule has 1 unspecified atom stereocenters. The Morgan fingerprint density at radius 1 is 1.35 bits per heavy atom. The van der Waals surface area contributed by atoms with E-state index in [1.54, 1.807) is 12.4 Å². The fraction of sp³-hybridized carbons (Fsp3) is 0.308. The summed E-state index contributed by atoms with van der Waals surface area (Å²) < 4.78 is 0. The van der Waals surface area contributed by atoms with E-state index in [4.69, 9.17) is 5.73 Å². The molecule has 1 atom stereocenters. The molecule has 0 aliphatic carbocycles. The van der Waals surface area contributed by atoms with Crippen LogP contribution in [0.25, 0.3) is 11.3 Å². The summed E-state index contributed by atoms with van der Waals surface area (Å²) in [4.78, 5) is 13.1. The number of hydrogen-bond acceptors (Lipinski definition) is 4. The van der Waals surface area contributed by atoms with Crippen LogP contribution in [-0.4, -0.2) is 21.5 Å². The van der Waals surface area contributed by atoms with E-state index in [9.17, 15) is 0 Å². The van der Waals surface area contributed by atoms with Crippen molar-refractivity contribution < 1.29 is 0 Å². The summed E-state index contributed by atoms with van der Waals surface area (Å²) in [5.74, 6) is 0.969. The predicted molar refractivity (Wildman–Crippen MR) is 67.5 cm³/mol. The van der Waals surface area contributed by atoms with Crippen molar-refractivity contribution >= 4 is 0 Å². The molecule has 0 radical (unpaired) electrons. The Hall–Kier alpha value is -1.81. The zero-order valence-corrected chi connectivity index (χ0v) is 10.1. The molecule has 4 heteroatoms. The molecule has 0 fully saturated rings. The minimum Gasteiger partial charge on any atom is -0.330 e. The maximum Gasteiger partial charge on any atom is 0.133 e. The van der Waals surface area contributed by atoms with Crippen molar-refractivity contribution in [3.8, 4) is 11.3 Å². The van der Waals surface area contributed by atoms with Crippen molar-refractivity contribution in [2.75, 3.05) is 6.54 Å². The first-order valence-corrected chi connectivity index (χ1v) is 5.66. The van der Waals surface area contributed by atoms with E-state index in [1.165, 1.54) is 0 Å². The van der Waals surface area contributed by atoms with Gasteiger partial charge in [0.1, 0.15) is 5.82 Å². The van der Waals surface area contributed by atoms with Crippen molar-refractivity contribution in [2.24, 2.45) is 5.73 Å². The molecule has 4 nitrogen and oxygen atoms in total. The van der Waals surface area contributed by atoms with Gasteiger partial charge in [0.05, 0.1) is 5.69 Å². The molecule has 0 bridgehead atoms. The summed E-state index contributed by atoms with van der Waals surface area (Å²) in [6.07, 6.45) is 3.56. The highest BCUT2D eigenvalue weighted by Gasteiger charge is 2.10. The van der Waals surface area contributed by atoms with Crippen molar-refractivity contribution in [3.63, 3.8) is 0 Å². The van der Waals surface area contributed by atoms with Gasteiger partial charge in [-0.2, -0.15) is 0 Å². The van der Waals surface area contributed by atoms with Crippen LogP contribution < -0.4 is 5.73 Å². The topological polar surface area (TPSA) is 64.7 Å². The van der Waals surface area contributed by atoms with Crippen LogP contribution in [0.15, 0.2) is 30.6 Å². The molecule has 0 saturated carbocycles. The monoisotopic (exact) mass is 228 g/mol. The molecule has 0 aliphatic heterocycles. The molecule has 0 aromatic carbocycles. The van der Waals surface area contributed by atoms with Crippen molar-refractivity contribution in [3.05, 3.63) is 42.1 Å². The van der Waals surface area contributed by atoms with Gasteiger partial charge in [-0.1, -0.05) is 6.92 Å². The highest BCUT2D eigenvalue weighted by molar-refractivity contribution is 5.57. The van der Waals surface area contributed by atoms with Crippen LogP contribution in [0.5, 0.6) is 0 Å². The van der Waals surface area contributed by atoms with Gasteiger partial charge < -0.3 is 5.73 Å². The van der Waals surface area contributed by atoms with Gasteiger partial charge in [-0.05, 0) is 25.1 Å². The second-order valence-electron chi connectivity index (χ2n) is 4.13. The predicted octanol–water partition coefficient (Wildman–Crippen LogP) is 1.91. The Labute approximate surface area is 101 Å². The van der Waals surface area contributed by atoms with Gasteiger partial charge in [0.2, 0.25) is 0 Å². The molecule has 0 saturated heterocycles. The lowest BCUT2D eigenvalue weighted by Crippen LogP contribution is -2.13. The van der Waals surface area contributed by atoms with Crippen molar-refractivity contribution in [1.29, 1.82) is 0 Å². The van der Waals surface area contributed by atoms with Crippen LogP contribution in [0, 0.1) is 6.92 Å². The number of aromatic nitrogens is 3. The quantitative estimate of drug-likeness (QED) is 0.871. The van der Waals surface area contributed by atoms with E-state index in [0.717, 1.165) is 22.8 Å².